The monoisotopic (exact) mass is 531 g/mol. The van der Waals surface area contributed by atoms with E-state index in [4.69, 9.17) is 14.5 Å². The van der Waals surface area contributed by atoms with Gasteiger partial charge in [0.2, 0.25) is 0 Å². The molecular weight excluding hydrogens is 485 g/mol. The molecule has 3 aromatic carbocycles. The highest BCUT2D eigenvalue weighted by Crippen LogP contribution is 2.53. The van der Waals surface area contributed by atoms with Crippen molar-refractivity contribution in [2.75, 3.05) is 21.0 Å². The Bertz CT molecular complexity index is 1240. The summed E-state index contributed by atoms with van der Waals surface area (Å²) in [4.78, 5) is 4.80. The number of aryl methyl sites for hydroxylation is 2. The van der Waals surface area contributed by atoms with Crippen LogP contribution >= 0.6 is 8.58 Å². The number of ether oxygens (including phenoxy) is 2. The second-order valence-corrected chi connectivity index (χ2v) is 12.9. The average molecular weight is 532 g/mol. The molecule has 0 heterocycles. The van der Waals surface area contributed by atoms with Crippen molar-refractivity contribution in [1.82, 2.24) is 0 Å². The van der Waals surface area contributed by atoms with Gasteiger partial charge in [-0.2, -0.15) is 0 Å². The summed E-state index contributed by atoms with van der Waals surface area (Å²) < 4.78 is 11.7. The molecule has 0 N–H and O–H groups in total. The molecule has 0 aliphatic carbocycles. The number of benzene rings is 3. The number of rotatable bonds is 11. The molecule has 3 aromatic rings. The molecule has 0 aliphatic rings. The minimum Gasteiger partial charge on any atom is -0.467 e. The Labute approximate surface area is 232 Å². The molecule has 2 unspecified atom stereocenters. The van der Waals surface area contributed by atoms with E-state index in [1.165, 1.54) is 33.1 Å². The fourth-order valence-corrected chi connectivity index (χ4v) is 7.26. The SMILES string of the molecule is CCCC(CC)(Pc1c(C)cccc1C(=NC)c1ccccc1)c1cc(C(C)(C)C)cc(C)c1OCOC. The lowest BCUT2D eigenvalue weighted by atomic mass is 9.81. The van der Waals surface area contributed by atoms with Crippen molar-refractivity contribution in [1.29, 1.82) is 0 Å². The van der Waals surface area contributed by atoms with Crippen LogP contribution in [-0.4, -0.2) is 26.7 Å². The third kappa shape index (κ3) is 6.56. The smallest absolute Gasteiger partial charge is 0.188 e. The van der Waals surface area contributed by atoms with Crippen molar-refractivity contribution in [2.24, 2.45) is 4.99 Å². The Morgan fingerprint density at radius 2 is 1.63 bits per heavy atom. The van der Waals surface area contributed by atoms with Crippen LogP contribution in [0.15, 0.2) is 65.7 Å². The molecule has 0 radical (unpaired) electrons. The van der Waals surface area contributed by atoms with Gasteiger partial charge in [-0.15, -0.1) is 0 Å². The number of hydrogen-bond acceptors (Lipinski definition) is 3. The first-order valence-electron chi connectivity index (χ1n) is 13.8. The first-order chi connectivity index (χ1) is 18.1. The van der Waals surface area contributed by atoms with Gasteiger partial charge < -0.3 is 9.47 Å². The van der Waals surface area contributed by atoms with E-state index in [1.807, 2.05) is 7.05 Å². The van der Waals surface area contributed by atoms with E-state index in [0.29, 0.717) is 8.58 Å². The van der Waals surface area contributed by atoms with Crippen LogP contribution in [0.5, 0.6) is 5.75 Å². The Kier molecular flexibility index (Phi) is 10.3. The first-order valence-corrected chi connectivity index (χ1v) is 14.8. The minimum atomic E-state index is -0.0692. The van der Waals surface area contributed by atoms with Crippen LogP contribution in [0, 0.1) is 13.8 Å². The number of nitrogens with zero attached hydrogens (tertiary/aromatic N) is 1. The highest BCUT2D eigenvalue weighted by molar-refractivity contribution is 7.49. The summed E-state index contributed by atoms with van der Waals surface area (Å²) in [5, 5.41) is 1.32. The third-order valence-corrected chi connectivity index (χ3v) is 9.69. The molecule has 0 fully saturated rings. The molecule has 38 heavy (non-hydrogen) atoms. The van der Waals surface area contributed by atoms with E-state index in [-0.39, 0.29) is 17.4 Å². The summed E-state index contributed by atoms with van der Waals surface area (Å²) in [6.45, 7) is 16.2. The fourth-order valence-electron chi connectivity index (χ4n) is 5.29. The van der Waals surface area contributed by atoms with E-state index < -0.39 is 0 Å². The molecule has 4 heteroatoms. The maximum Gasteiger partial charge on any atom is 0.188 e. The van der Waals surface area contributed by atoms with E-state index >= 15 is 0 Å². The fraction of sp³-hybridized carbons (Fsp3) is 0.441. The topological polar surface area (TPSA) is 30.8 Å². The van der Waals surface area contributed by atoms with Gasteiger partial charge in [0, 0.05) is 36.0 Å². The maximum absolute atomic E-state index is 6.33. The minimum absolute atomic E-state index is 0.0390. The zero-order valence-corrected chi connectivity index (χ0v) is 25.9. The summed E-state index contributed by atoms with van der Waals surface area (Å²) >= 11 is 0. The van der Waals surface area contributed by atoms with Crippen LogP contribution in [0.4, 0.5) is 0 Å². The molecule has 3 nitrogen and oxygen atoms in total. The predicted molar refractivity (Wildman–Crippen MR) is 166 cm³/mol. The van der Waals surface area contributed by atoms with Gasteiger partial charge in [0.1, 0.15) is 5.75 Å². The first kappa shape index (κ1) is 30.1. The Balaban J connectivity index is 2.29. The van der Waals surface area contributed by atoms with Crippen LogP contribution in [0.3, 0.4) is 0 Å². The van der Waals surface area contributed by atoms with Gasteiger partial charge in [0.15, 0.2) is 6.79 Å². The molecule has 204 valence electrons. The summed E-state index contributed by atoms with van der Waals surface area (Å²) in [6, 6.07) is 21.9. The third-order valence-electron chi connectivity index (χ3n) is 7.42. The number of aliphatic imine (C=N–C) groups is 1. The van der Waals surface area contributed by atoms with Crippen LogP contribution in [0.1, 0.15) is 87.3 Å². The van der Waals surface area contributed by atoms with Gasteiger partial charge in [-0.05, 0) is 54.1 Å². The van der Waals surface area contributed by atoms with E-state index in [1.54, 1.807) is 7.11 Å². The van der Waals surface area contributed by atoms with E-state index in [2.05, 4.69) is 109 Å². The maximum atomic E-state index is 6.33. The molecule has 2 atom stereocenters. The van der Waals surface area contributed by atoms with Gasteiger partial charge >= 0.3 is 0 Å². The van der Waals surface area contributed by atoms with Crippen molar-refractivity contribution in [3.8, 4) is 5.75 Å². The van der Waals surface area contributed by atoms with E-state index in [0.717, 1.165) is 36.3 Å². The highest BCUT2D eigenvalue weighted by atomic mass is 31.1. The standard InChI is InChI=1S/C34H46NO2P/c1-10-20-34(11-2,29-22-27(33(5,6)7)21-25(4)31(29)37-23-36-9)38-32-24(3)16-15-19-28(32)30(35-8)26-17-13-12-14-18-26/h12-19,21-22,38H,10-11,20,23H2,1-9H3. The van der Waals surface area contributed by atoms with Crippen LogP contribution in [-0.2, 0) is 15.3 Å². The van der Waals surface area contributed by atoms with Crippen LogP contribution < -0.4 is 10.0 Å². The summed E-state index contributed by atoms with van der Waals surface area (Å²) in [5.41, 5.74) is 8.62. The highest BCUT2D eigenvalue weighted by Gasteiger charge is 2.36. The lowest BCUT2D eigenvalue weighted by Crippen LogP contribution is -2.28. The Hall–Kier alpha value is -2.48. The van der Waals surface area contributed by atoms with Crippen LogP contribution in [0.25, 0.3) is 0 Å². The Morgan fingerprint density at radius 3 is 2.21 bits per heavy atom. The predicted octanol–water partition coefficient (Wildman–Crippen LogP) is 8.46. The molecule has 0 saturated heterocycles. The molecule has 0 bridgehead atoms. The summed E-state index contributed by atoms with van der Waals surface area (Å²) in [7, 11) is 4.16. The zero-order valence-electron chi connectivity index (χ0n) is 24.9. The normalized spacial score (nSPS) is 14.2. The molecule has 0 aliphatic heterocycles. The van der Waals surface area contributed by atoms with Crippen molar-refractivity contribution in [3.05, 3.63) is 94.0 Å². The molecule has 0 amide bonds. The average Bonchev–Trinajstić information content (AvgIpc) is 2.89. The van der Waals surface area contributed by atoms with Gasteiger partial charge in [0.25, 0.3) is 0 Å². The number of methoxy groups -OCH3 is 1. The van der Waals surface area contributed by atoms with Crippen molar-refractivity contribution < 1.29 is 9.47 Å². The number of hydrogen-bond donors (Lipinski definition) is 0. The van der Waals surface area contributed by atoms with Crippen molar-refractivity contribution in [3.63, 3.8) is 0 Å². The summed E-state index contributed by atoms with van der Waals surface area (Å²) in [6.07, 6.45) is 3.20. The van der Waals surface area contributed by atoms with Gasteiger partial charge in [-0.25, -0.2) is 0 Å². The second kappa shape index (κ2) is 13.0. The van der Waals surface area contributed by atoms with Gasteiger partial charge in [0.05, 0.1) is 5.71 Å². The van der Waals surface area contributed by atoms with Gasteiger partial charge in [-0.1, -0.05) is 110 Å². The second-order valence-electron chi connectivity index (χ2n) is 11.2. The molecular formula is C34H46NO2P. The van der Waals surface area contributed by atoms with Crippen molar-refractivity contribution in [2.45, 2.75) is 78.3 Å². The quantitative estimate of drug-likeness (QED) is 0.141. The molecule has 0 aromatic heterocycles. The largest absolute Gasteiger partial charge is 0.467 e. The lowest BCUT2D eigenvalue weighted by Gasteiger charge is -2.38. The Morgan fingerprint density at radius 1 is 0.921 bits per heavy atom. The van der Waals surface area contributed by atoms with Crippen molar-refractivity contribution >= 4 is 19.6 Å². The molecule has 3 rings (SSSR count). The van der Waals surface area contributed by atoms with Crippen LogP contribution in [0.2, 0.25) is 0 Å². The van der Waals surface area contributed by atoms with E-state index in [9.17, 15) is 0 Å². The lowest BCUT2D eigenvalue weighted by molar-refractivity contribution is 0.0493. The zero-order chi connectivity index (χ0) is 27.9. The summed E-state index contributed by atoms with van der Waals surface area (Å²) in [5.74, 6) is 0.977. The molecule has 0 spiro atoms. The molecule has 0 saturated carbocycles. The van der Waals surface area contributed by atoms with Gasteiger partial charge in [-0.3, -0.25) is 4.99 Å².